The summed E-state index contributed by atoms with van der Waals surface area (Å²) in [6.07, 6.45) is 4.87. The van der Waals surface area contributed by atoms with E-state index in [9.17, 15) is 4.79 Å². The highest BCUT2D eigenvalue weighted by molar-refractivity contribution is 5.74. The zero-order valence-electron chi connectivity index (χ0n) is 15.4. The molecule has 0 aromatic carbocycles. The molecule has 2 aliphatic carbocycles. The number of hydrogen-bond donors (Lipinski definition) is 1. The predicted molar refractivity (Wildman–Crippen MR) is 91.5 cm³/mol. The van der Waals surface area contributed by atoms with E-state index in [0.29, 0.717) is 5.92 Å². The van der Waals surface area contributed by atoms with Crippen molar-refractivity contribution in [2.24, 2.45) is 11.3 Å². The van der Waals surface area contributed by atoms with Crippen LogP contribution in [0.5, 0.6) is 0 Å². The van der Waals surface area contributed by atoms with E-state index in [-0.39, 0.29) is 23.1 Å². The standard InChI is InChI=1S/C18H33N3O2/c1-17(2)15(10-18(17,3)23-5)20(4)16(22)19-11-13-8-9-21(12-13)14-6-7-14/h13-15H,6-12H2,1-5H3,(H,19,22)/t13-,15+,18+/m0/s1. The number of amides is 2. The van der Waals surface area contributed by atoms with Crippen LogP contribution in [0.4, 0.5) is 4.79 Å². The van der Waals surface area contributed by atoms with Crippen molar-refractivity contribution in [3.8, 4) is 0 Å². The summed E-state index contributed by atoms with van der Waals surface area (Å²) < 4.78 is 5.67. The summed E-state index contributed by atoms with van der Waals surface area (Å²) in [6.45, 7) is 9.70. The Morgan fingerprint density at radius 3 is 2.57 bits per heavy atom. The first-order valence-electron chi connectivity index (χ1n) is 9.08. The van der Waals surface area contributed by atoms with Gasteiger partial charge in [-0.05, 0) is 45.1 Å². The molecule has 23 heavy (non-hydrogen) atoms. The van der Waals surface area contributed by atoms with Crippen LogP contribution in [-0.4, -0.2) is 67.3 Å². The van der Waals surface area contributed by atoms with E-state index in [4.69, 9.17) is 4.74 Å². The third-order valence-electron chi connectivity index (χ3n) is 6.94. The molecule has 1 N–H and O–H groups in total. The van der Waals surface area contributed by atoms with Crippen molar-refractivity contribution in [1.29, 1.82) is 0 Å². The monoisotopic (exact) mass is 323 g/mol. The number of ether oxygens (including phenoxy) is 1. The van der Waals surface area contributed by atoms with Gasteiger partial charge in [-0.1, -0.05) is 13.8 Å². The van der Waals surface area contributed by atoms with Gasteiger partial charge in [0, 0.05) is 44.7 Å². The van der Waals surface area contributed by atoms with Crippen molar-refractivity contribution in [1.82, 2.24) is 15.1 Å². The first-order chi connectivity index (χ1) is 10.8. The number of likely N-dealkylation sites (tertiary alicyclic amines) is 1. The van der Waals surface area contributed by atoms with Crippen LogP contribution in [0.15, 0.2) is 0 Å². The fourth-order valence-corrected chi connectivity index (χ4v) is 4.37. The summed E-state index contributed by atoms with van der Waals surface area (Å²) in [4.78, 5) is 17.0. The van der Waals surface area contributed by atoms with Crippen molar-refractivity contribution in [3.63, 3.8) is 0 Å². The molecular formula is C18H33N3O2. The minimum atomic E-state index is -0.136. The van der Waals surface area contributed by atoms with Gasteiger partial charge in [0.25, 0.3) is 0 Å². The summed E-state index contributed by atoms with van der Waals surface area (Å²) in [5, 5.41) is 3.16. The lowest BCUT2D eigenvalue weighted by Crippen LogP contribution is -2.69. The lowest BCUT2D eigenvalue weighted by molar-refractivity contribution is -0.198. The van der Waals surface area contributed by atoms with Crippen LogP contribution in [0.2, 0.25) is 0 Å². The number of nitrogens with zero attached hydrogens (tertiary/aromatic N) is 2. The van der Waals surface area contributed by atoms with E-state index < -0.39 is 0 Å². The summed E-state index contributed by atoms with van der Waals surface area (Å²) in [7, 11) is 3.69. The Hall–Kier alpha value is -0.810. The van der Waals surface area contributed by atoms with Gasteiger partial charge in [-0.2, -0.15) is 0 Å². The number of urea groups is 1. The molecule has 5 nitrogen and oxygen atoms in total. The van der Waals surface area contributed by atoms with Gasteiger partial charge in [0.15, 0.2) is 0 Å². The van der Waals surface area contributed by atoms with Crippen LogP contribution in [0, 0.1) is 11.3 Å². The molecule has 0 unspecified atom stereocenters. The molecule has 3 aliphatic rings. The van der Waals surface area contributed by atoms with Gasteiger partial charge >= 0.3 is 6.03 Å². The molecular weight excluding hydrogens is 290 g/mol. The fourth-order valence-electron chi connectivity index (χ4n) is 4.37. The molecule has 2 amide bonds. The van der Waals surface area contributed by atoms with Crippen molar-refractivity contribution < 1.29 is 9.53 Å². The van der Waals surface area contributed by atoms with Crippen LogP contribution in [0.3, 0.4) is 0 Å². The quantitative estimate of drug-likeness (QED) is 0.844. The first-order valence-corrected chi connectivity index (χ1v) is 9.08. The summed E-state index contributed by atoms with van der Waals surface area (Å²) in [5.41, 5.74) is -0.160. The van der Waals surface area contributed by atoms with E-state index >= 15 is 0 Å². The number of methoxy groups -OCH3 is 1. The Morgan fingerprint density at radius 2 is 2.00 bits per heavy atom. The van der Waals surface area contributed by atoms with Crippen LogP contribution >= 0.6 is 0 Å². The van der Waals surface area contributed by atoms with Gasteiger partial charge in [0.1, 0.15) is 0 Å². The average Bonchev–Trinajstić information content (AvgIpc) is 3.27. The lowest BCUT2D eigenvalue weighted by atomic mass is 9.55. The van der Waals surface area contributed by atoms with Gasteiger partial charge in [0.2, 0.25) is 0 Å². The second kappa shape index (κ2) is 5.92. The molecule has 5 heteroatoms. The molecule has 1 aliphatic heterocycles. The molecule has 1 heterocycles. The Labute approximate surface area is 140 Å². The molecule has 2 saturated carbocycles. The average molecular weight is 323 g/mol. The molecule has 0 spiro atoms. The largest absolute Gasteiger partial charge is 0.378 e. The highest BCUT2D eigenvalue weighted by Gasteiger charge is 2.59. The molecule has 0 bridgehead atoms. The summed E-state index contributed by atoms with van der Waals surface area (Å²) in [5.74, 6) is 0.617. The maximum absolute atomic E-state index is 12.5. The van der Waals surface area contributed by atoms with E-state index in [0.717, 1.165) is 25.6 Å². The van der Waals surface area contributed by atoms with Crippen molar-refractivity contribution in [2.75, 3.05) is 33.8 Å². The summed E-state index contributed by atoms with van der Waals surface area (Å²) >= 11 is 0. The molecule has 3 fully saturated rings. The minimum absolute atomic E-state index is 0.0238. The normalized spacial score (nSPS) is 36.6. The van der Waals surface area contributed by atoms with E-state index in [1.165, 1.54) is 25.8 Å². The maximum Gasteiger partial charge on any atom is 0.317 e. The van der Waals surface area contributed by atoms with Gasteiger partial charge in [-0.3, -0.25) is 0 Å². The van der Waals surface area contributed by atoms with Crippen LogP contribution in [0.25, 0.3) is 0 Å². The Balaban J connectivity index is 1.45. The van der Waals surface area contributed by atoms with Crippen LogP contribution < -0.4 is 5.32 Å². The molecule has 0 aromatic rings. The zero-order valence-corrected chi connectivity index (χ0v) is 15.4. The van der Waals surface area contributed by atoms with Gasteiger partial charge < -0.3 is 19.9 Å². The van der Waals surface area contributed by atoms with E-state index in [1.54, 1.807) is 7.11 Å². The molecule has 1 saturated heterocycles. The third kappa shape index (κ3) is 2.98. The lowest BCUT2D eigenvalue weighted by Gasteiger charge is -2.61. The zero-order chi connectivity index (χ0) is 16.8. The van der Waals surface area contributed by atoms with Crippen molar-refractivity contribution >= 4 is 6.03 Å². The van der Waals surface area contributed by atoms with Gasteiger partial charge in [0.05, 0.1) is 5.60 Å². The number of rotatable bonds is 5. The van der Waals surface area contributed by atoms with Crippen LogP contribution in [-0.2, 0) is 4.74 Å². The Bertz CT molecular complexity index is 463. The molecule has 3 atom stereocenters. The van der Waals surface area contributed by atoms with E-state index in [1.807, 2.05) is 11.9 Å². The smallest absolute Gasteiger partial charge is 0.317 e. The SMILES string of the molecule is CO[C@]1(C)C[C@@H](N(C)C(=O)NC[C@@H]2CCN(C3CC3)C2)C1(C)C. The van der Waals surface area contributed by atoms with Crippen molar-refractivity contribution in [2.45, 2.75) is 64.1 Å². The fraction of sp³-hybridized carbons (Fsp3) is 0.944. The number of carbonyl (C=O) groups excluding carboxylic acids is 1. The van der Waals surface area contributed by atoms with Gasteiger partial charge in [-0.15, -0.1) is 0 Å². The highest BCUT2D eigenvalue weighted by Crippen LogP contribution is 2.53. The first kappa shape index (κ1) is 17.0. The topological polar surface area (TPSA) is 44.8 Å². The third-order valence-corrected chi connectivity index (χ3v) is 6.94. The second-order valence-electron chi connectivity index (χ2n) is 8.55. The van der Waals surface area contributed by atoms with Crippen LogP contribution in [0.1, 0.15) is 46.5 Å². The molecule has 3 rings (SSSR count). The maximum atomic E-state index is 12.5. The number of nitrogens with one attached hydrogen (secondary N) is 1. The predicted octanol–water partition coefficient (Wildman–Crippen LogP) is 2.32. The van der Waals surface area contributed by atoms with E-state index in [2.05, 4.69) is 31.0 Å². The van der Waals surface area contributed by atoms with Crippen molar-refractivity contribution in [3.05, 3.63) is 0 Å². The van der Waals surface area contributed by atoms with Gasteiger partial charge in [-0.25, -0.2) is 4.79 Å². The Kier molecular flexibility index (Phi) is 4.38. The molecule has 132 valence electrons. The number of hydrogen-bond acceptors (Lipinski definition) is 3. The Morgan fingerprint density at radius 1 is 1.30 bits per heavy atom. The minimum Gasteiger partial charge on any atom is -0.378 e. The molecule has 0 aromatic heterocycles. The highest BCUT2D eigenvalue weighted by atomic mass is 16.5. The second-order valence-corrected chi connectivity index (χ2v) is 8.55. The summed E-state index contributed by atoms with van der Waals surface area (Å²) in [6, 6.07) is 1.14. The molecule has 0 radical (unpaired) electrons. The number of carbonyl (C=O) groups is 1.